The summed E-state index contributed by atoms with van der Waals surface area (Å²) in [6.07, 6.45) is 8.12. The lowest BCUT2D eigenvalue weighted by molar-refractivity contribution is 0.0932. The van der Waals surface area contributed by atoms with Gasteiger partial charge in [-0.2, -0.15) is 0 Å². The fourth-order valence-corrected chi connectivity index (χ4v) is 3.30. The zero-order chi connectivity index (χ0) is 13.9. The molecule has 0 radical (unpaired) electrons. The number of hydrogen-bond donors (Lipinski definition) is 2. The molecule has 1 aromatic rings. The van der Waals surface area contributed by atoms with Crippen molar-refractivity contribution in [2.24, 2.45) is 11.8 Å². The van der Waals surface area contributed by atoms with E-state index < -0.39 is 0 Å². The van der Waals surface area contributed by atoms with Crippen molar-refractivity contribution in [2.75, 3.05) is 18.4 Å². The van der Waals surface area contributed by atoms with Gasteiger partial charge in [-0.05, 0) is 24.7 Å². The van der Waals surface area contributed by atoms with E-state index >= 15 is 0 Å². The Kier molecular flexibility index (Phi) is 3.94. The zero-order valence-electron chi connectivity index (χ0n) is 12.2. The molecular formula is C15H24N4O. The maximum atomic E-state index is 12.2. The molecule has 3 rings (SSSR count). The molecule has 1 amide bonds. The minimum absolute atomic E-state index is 0.0357. The number of nitrogens with one attached hydrogen (secondary N) is 2. The van der Waals surface area contributed by atoms with Gasteiger partial charge in [0.1, 0.15) is 5.69 Å². The Morgan fingerprint density at radius 1 is 1.45 bits per heavy atom. The third-order valence-corrected chi connectivity index (χ3v) is 4.68. The lowest BCUT2D eigenvalue weighted by Gasteiger charge is -2.28. The first kappa shape index (κ1) is 13.5. The topological polar surface area (TPSA) is 59.0 Å². The molecule has 1 fully saturated rings. The maximum Gasteiger partial charge on any atom is 0.271 e. The molecule has 0 saturated heterocycles. The number of rotatable bonds is 3. The van der Waals surface area contributed by atoms with E-state index in [2.05, 4.69) is 22.5 Å². The number of amides is 1. The van der Waals surface area contributed by atoms with Crippen LogP contribution in [0.4, 0.5) is 5.95 Å². The van der Waals surface area contributed by atoms with Gasteiger partial charge in [-0.25, -0.2) is 4.98 Å². The summed E-state index contributed by atoms with van der Waals surface area (Å²) >= 11 is 0. The van der Waals surface area contributed by atoms with Gasteiger partial charge in [0.05, 0.1) is 0 Å². The molecule has 2 N–H and O–H groups in total. The molecule has 0 bridgehead atoms. The highest BCUT2D eigenvalue weighted by atomic mass is 16.1. The number of aryl methyl sites for hydroxylation is 1. The molecule has 2 atom stereocenters. The highest BCUT2D eigenvalue weighted by Crippen LogP contribution is 2.28. The molecule has 2 unspecified atom stereocenters. The molecule has 0 aromatic carbocycles. The van der Waals surface area contributed by atoms with Gasteiger partial charge in [0, 0.05) is 25.8 Å². The first-order chi connectivity index (χ1) is 9.74. The third-order valence-electron chi connectivity index (χ3n) is 4.68. The number of carbonyl (C=O) groups is 1. The van der Waals surface area contributed by atoms with Gasteiger partial charge < -0.3 is 15.2 Å². The summed E-state index contributed by atoms with van der Waals surface area (Å²) in [4.78, 5) is 16.6. The molecular weight excluding hydrogens is 252 g/mol. The lowest BCUT2D eigenvalue weighted by Crippen LogP contribution is -2.33. The summed E-state index contributed by atoms with van der Waals surface area (Å²) in [7, 11) is 0. The Morgan fingerprint density at radius 3 is 3.10 bits per heavy atom. The van der Waals surface area contributed by atoms with Gasteiger partial charge in [0.25, 0.3) is 5.91 Å². The number of hydrogen-bond acceptors (Lipinski definition) is 3. The van der Waals surface area contributed by atoms with E-state index in [0.717, 1.165) is 37.9 Å². The predicted molar refractivity (Wildman–Crippen MR) is 78.8 cm³/mol. The lowest BCUT2D eigenvalue weighted by atomic mass is 9.80. The van der Waals surface area contributed by atoms with E-state index in [-0.39, 0.29) is 5.91 Å². The summed E-state index contributed by atoms with van der Waals surface area (Å²) in [6.45, 7) is 4.98. The van der Waals surface area contributed by atoms with Gasteiger partial charge in [0.15, 0.2) is 0 Å². The number of imidazole rings is 1. The van der Waals surface area contributed by atoms with E-state index in [4.69, 9.17) is 0 Å². The number of anilines is 1. The zero-order valence-corrected chi connectivity index (χ0v) is 12.2. The van der Waals surface area contributed by atoms with Crippen molar-refractivity contribution in [3.05, 3.63) is 11.9 Å². The standard InChI is InChI=1S/C15H24N4O/c1-11-5-2-3-6-12(11)9-17-14(20)13-10-19-8-4-7-16-15(19)18-13/h10-12H,2-9H2,1H3,(H,16,18)(H,17,20). The normalized spacial score (nSPS) is 25.6. The van der Waals surface area contributed by atoms with Crippen LogP contribution in [0.2, 0.25) is 0 Å². The highest BCUT2D eigenvalue weighted by Gasteiger charge is 2.23. The van der Waals surface area contributed by atoms with Crippen LogP contribution in [-0.2, 0) is 6.54 Å². The fourth-order valence-electron chi connectivity index (χ4n) is 3.30. The van der Waals surface area contributed by atoms with Crippen LogP contribution >= 0.6 is 0 Å². The second-order valence-electron chi connectivity index (χ2n) is 6.16. The van der Waals surface area contributed by atoms with Crippen LogP contribution in [0, 0.1) is 11.8 Å². The van der Waals surface area contributed by atoms with Crippen LogP contribution in [-0.4, -0.2) is 28.5 Å². The van der Waals surface area contributed by atoms with Gasteiger partial charge in [-0.1, -0.05) is 26.2 Å². The van der Waals surface area contributed by atoms with Crippen molar-refractivity contribution in [1.29, 1.82) is 0 Å². The largest absolute Gasteiger partial charge is 0.356 e. The molecule has 5 nitrogen and oxygen atoms in total. The average molecular weight is 276 g/mol. The molecule has 1 aromatic heterocycles. The fraction of sp³-hybridized carbons (Fsp3) is 0.733. The summed E-state index contributed by atoms with van der Waals surface area (Å²) in [6, 6.07) is 0. The van der Waals surface area contributed by atoms with E-state index in [1.54, 1.807) is 0 Å². The number of carbonyl (C=O) groups excluding carboxylic acids is 1. The number of nitrogens with zero attached hydrogens (tertiary/aromatic N) is 2. The van der Waals surface area contributed by atoms with Crippen LogP contribution in [0.5, 0.6) is 0 Å². The molecule has 1 saturated carbocycles. The molecule has 2 heterocycles. The Morgan fingerprint density at radius 2 is 2.30 bits per heavy atom. The number of fused-ring (bicyclic) bond motifs is 1. The van der Waals surface area contributed by atoms with Crippen molar-refractivity contribution >= 4 is 11.9 Å². The van der Waals surface area contributed by atoms with Crippen LogP contribution in [0.3, 0.4) is 0 Å². The van der Waals surface area contributed by atoms with Crippen molar-refractivity contribution in [1.82, 2.24) is 14.9 Å². The van der Waals surface area contributed by atoms with Crippen LogP contribution < -0.4 is 10.6 Å². The van der Waals surface area contributed by atoms with Gasteiger partial charge in [-0.15, -0.1) is 0 Å². The van der Waals surface area contributed by atoms with Crippen molar-refractivity contribution in [3.63, 3.8) is 0 Å². The Labute approximate surface area is 120 Å². The Balaban J connectivity index is 1.57. The van der Waals surface area contributed by atoms with Crippen molar-refractivity contribution in [3.8, 4) is 0 Å². The molecule has 0 spiro atoms. The van der Waals surface area contributed by atoms with Crippen LogP contribution in [0.1, 0.15) is 49.5 Å². The Hall–Kier alpha value is -1.52. The van der Waals surface area contributed by atoms with E-state index in [0.29, 0.717) is 11.6 Å². The maximum absolute atomic E-state index is 12.2. The minimum atomic E-state index is -0.0357. The monoisotopic (exact) mass is 276 g/mol. The summed E-state index contributed by atoms with van der Waals surface area (Å²) in [5.74, 6) is 2.14. The minimum Gasteiger partial charge on any atom is -0.356 e. The molecule has 20 heavy (non-hydrogen) atoms. The van der Waals surface area contributed by atoms with Gasteiger partial charge in [-0.3, -0.25) is 4.79 Å². The second kappa shape index (κ2) is 5.85. The molecule has 2 aliphatic rings. The molecule has 110 valence electrons. The SMILES string of the molecule is CC1CCCCC1CNC(=O)c1cn2c(n1)NCCC2. The van der Waals surface area contributed by atoms with E-state index in [1.165, 1.54) is 25.7 Å². The quantitative estimate of drug-likeness (QED) is 0.890. The summed E-state index contributed by atoms with van der Waals surface area (Å²) < 4.78 is 2.03. The van der Waals surface area contributed by atoms with Crippen molar-refractivity contribution in [2.45, 2.75) is 45.6 Å². The molecule has 1 aliphatic carbocycles. The van der Waals surface area contributed by atoms with Gasteiger partial charge in [0.2, 0.25) is 5.95 Å². The Bertz CT molecular complexity index is 459. The molecule has 5 heteroatoms. The predicted octanol–water partition coefficient (Wildman–Crippen LogP) is 2.25. The number of aromatic nitrogens is 2. The summed E-state index contributed by atoms with van der Waals surface area (Å²) in [5, 5.41) is 6.29. The molecule has 1 aliphatic heterocycles. The van der Waals surface area contributed by atoms with E-state index in [9.17, 15) is 4.79 Å². The van der Waals surface area contributed by atoms with Crippen molar-refractivity contribution < 1.29 is 4.79 Å². The average Bonchev–Trinajstić information content (AvgIpc) is 2.90. The summed E-state index contributed by atoms with van der Waals surface area (Å²) in [5.41, 5.74) is 0.540. The first-order valence-corrected chi connectivity index (χ1v) is 7.83. The highest BCUT2D eigenvalue weighted by molar-refractivity contribution is 5.92. The smallest absolute Gasteiger partial charge is 0.271 e. The first-order valence-electron chi connectivity index (χ1n) is 7.83. The second-order valence-corrected chi connectivity index (χ2v) is 6.16. The third kappa shape index (κ3) is 2.81. The van der Waals surface area contributed by atoms with Crippen LogP contribution in [0.25, 0.3) is 0 Å². The van der Waals surface area contributed by atoms with E-state index in [1.807, 2.05) is 10.8 Å². The van der Waals surface area contributed by atoms with Crippen LogP contribution in [0.15, 0.2) is 6.20 Å². The van der Waals surface area contributed by atoms with Gasteiger partial charge >= 0.3 is 0 Å².